The second-order valence-electron chi connectivity index (χ2n) is 5.02. The fourth-order valence-corrected chi connectivity index (χ4v) is 2.36. The van der Waals surface area contributed by atoms with Gasteiger partial charge in [-0.25, -0.2) is 4.52 Å². The first-order valence-corrected chi connectivity index (χ1v) is 6.17. The third-order valence-corrected chi connectivity index (χ3v) is 3.39. The maximum atomic E-state index is 6.06. The molecule has 1 aliphatic carbocycles. The third-order valence-electron chi connectivity index (χ3n) is 3.39. The van der Waals surface area contributed by atoms with Crippen molar-refractivity contribution >= 4 is 5.65 Å². The molecule has 0 amide bonds. The molecule has 0 radical (unpaired) electrons. The van der Waals surface area contributed by atoms with Crippen LogP contribution in [0, 0.1) is 0 Å². The minimum absolute atomic E-state index is 0.0161. The Hall–Kier alpha value is -1.49. The van der Waals surface area contributed by atoms with E-state index in [2.05, 4.69) is 29.1 Å². The predicted octanol–water partition coefficient (Wildman–Crippen LogP) is 1.58. The number of fused-ring (bicyclic) bond motifs is 3. The lowest BCUT2D eigenvalue weighted by Crippen LogP contribution is -2.22. The second-order valence-corrected chi connectivity index (χ2v) is 5.02. The minimum atomic E-state index is 0.0161. The van der Waals surface area contributed by atoms with Crippen LogP contribution in [0.25, 0.3) is 5.65 Å². The second kappa shape index (κ2) is 3.77. The highest BCUT2D eigenvalue weighted by Gasteiger charge is 2.22. The SMILES string of the molecule is CC(C)c1cc2nnc3c(n2n1)CCCC3N. The van der Waals surface area contributed by atoms with Crippen LogP contribution >= 0.6 is 0 Å². The molecule has 3 rings (SSSR count). The Labute approximate surface area is 100 Å². The third kappa shape index (κ3) is 1.61. The first kappa shape index (κ1) is 10.7. The fraction of sp³-hybridized carbons (Fsp3) is 0.583. The van der Waals surface area contributed by atoms with Crippen LogP contribution in [0.15, 0.2) is 6.07 Å². The predicted molar refractivity (Wildman–Crippen MR) is 64.7 cm³/mol. The van der Waals surface area contributed by atoms with E-state index in [-0.39, 0.29) is 6.04 Å². The van der Waals surface area contributed by atoms with Gasteiger partial charge in [0.2, 0.25) is 0 Å². The van der Waals surface area contributed by atoms with Gasteiger partial charge < -0.3 is 5.73 Å². The van der Waals surface area contributed by atoms with Gasteiger partial charge >= 0.3 is 0 Å². The number of hydrogen-bond donors (Lipinski definition) is 1. The molecule has 2 aromatic rings. The number of aromatic nitrogens is 4. The van der Waals surface area contributed by atoms with E-state index in [1.165, 1.54) is 0 Å². The molecular formula is C12H17N5. The molecular weight excluding hydrogens is 214 g/mol. The van der Waals surface area contributed by atoms with E-state index in [0.29, 0.717) is 5.92 Å². The maximum Gasteiger partial charge on any atom is 0.177 e. The van der Waals surface area contributed by atoms with Crippen LogP contribution in [0.4, 0.5) is 0 Å². The van der Waals surface area contributed by atoms with Gasteiger partial charge in [0.05, 0.1) is 17.4 Å². The molecule has 17 heavy (non-hydrogen) atoms. The highest BCUT2D eigenvalue weighted by Crippen LogP contribution is 2.26. The van der Waals surface area contributed by atoms with Gasteiger partial charge in [0.15, 0.2) is 5.65 Å². The molecule has 2 heterocycles. The Morgan fingerprint density at radius 1 is 1.41 bits per heavy atom. The van der Waals surface area contributed by atoms with Crippen LogP contribution < -0.4 is 5.73 Å². The van der Waals surface area contributed by atoms with Crippen LogP contribution in [0.1, 0.15) is 55.7 Å². The van der Waals surface area contributed by atoms with E-state index >= 15 is 0 Å². The van der Waals surface area contributed by atoms with Gasteiger partial charge in [-0.2, -0.15) is 5.10 Å². The lowest BCUT2D eigenvalue weighted by atomic mass is 9.96. The standard InChI is InChI=1S/C12H17N5/c1-7(2)9-6-11-14-15-12-8(13)4-3-5-10(12)17(11)16-9/h6-8H,3-5,13H2,1-2H3. The normalized spacial score (nSPS) is 19.9. The van der Waals surface area contributed by atoms with Crippen molar-refractivity contribution in [3.8, 4) is 0 Å². The Morgan fingerprint density at radius 2 is 2.24 bits per heavy atom. The quantitative estimate of drug-likeness (QED) is 0.809. The molecule has 0 aromatic carbocycles. The molecule has 2 aromatic heterocycles. The molecule has 0 spiro atoms. The molecule has 0 fully saturated rings. The molecule has 5 nitrogen and oxygen atoms in total. The summed E-state index contributed by atoms with van der Waals surface area (Å²) in [6.45, 7) is 4.26. The average Bonchev–Trinajstić information content (AvgIpc) is 2.73. The van der Waals surface area contributed by atoms with Gasteiger partial charge in [0.25, 0.3) is 0 Å². The van der Waals surface area contributed by atoms with Crippen molar-refractivity contribution in [1.82, 2.24) is 19.8 Å². The maximum absolute atomic E-state index is 6.06. The summed E-state index contributed by atoms with van der Waals surface area (Å²) < 4.78 is 1.93. The molecule has 0 saturated carbocycles. The van der Waals surface area contributed by atoms with Crippen LogP contribution in [0.3, 0.4) is 0 Å². The van der Waals surface area contributed by atoms with Crippen molar-refractivity contribution < 1.29 is 0 Å². The zero-order chi connectivity index (χ0) is 12.0. The van der Waals surface area contributed by atoms with Crippen molar-refractivity contribution in [1.29, 1.82) is 0 Å². The van der Waals surface area contributed by atoms with E-state index < -0.39 is 0 Å². The van der Waals surface area contributed by atoms with E-state index in [4.69, 9.17) is 5.73 Å². The summed E-state index contributed by atoms with van der Waals surface area (Å²) in [5.41, 5.74) is 10.0. The fourth-order valence-electron chi connectivity index (χ4n) is 2.36. The van der Waals surface area contributed by atoms with E-state index in [0.717, 1.165) is 42.0 Å². The molecule has 0 aliphatic heterocycles. The first-order valence-electron chi connectivity index (χ1n) is 6.17. The van der Waals surface area contributed by atoms with Crippen molar-refractivity contribution in [2.45, 2.75) is 45.1 Å². The molecule has 0 bridgehead atoms. The van der Waals surface area contributed by atoms with Crippen molar-refractivity contribution in [3.05, 3.63) is 23.1 Å². The van der Waals surface area contributed by atoms with Crippen LogP contribution in [-0.2, 0) is 6.42 Å². The summed E-state index contributed by atoms with van der Waals surface area (Å²) in [7, 11) is 0. The number of aryl methyl sites for hydroxylation is 1. The van der Waals surface area contributed by atoms with Gasteiger partial charge in [-0.15, -0.1) is 10.2 Å². The number of nitrogens with two attached hydrogens (primary N) is 1. The van der Waals surface area contributed by atoms with Gasteiger partial charge in [0, 0.05) is 6.07 Å². The van der Waals surface area contributed by atoms with Gasteiger partial charge in [-0.3, -0.25) is 0 Å². The smallest absolute Gasteiger partial charge is 0.177 e. The van der Waals surface area contributed by atoms with Crippen LogP contribution in [0.2, 0.25) is 0 Å². The summed E-state index contributed by atoms with van der Waals surface area (Å²) in [5, 5.41) is 13.1. The van der Waals surface area contributed by atoms with Crippen molar-refractivity contribution in [2.75, 3.05) is 0 Å². The Balaban J connectivity index is 2.23. The summed E-state index contributed by atoms with van der Waals surface area (Å²) >= 11 is 0. The Kier molecular flexibility index (Phi) is 2.36. The van der Waals surface area contributed by atoms with E-state index in [1.54, 1.807) is 0 Å². The molecule has 1 aliphatic rings. The summed E-state index contributed by atoms with van der Waals surface area (Å²) in [5.74, 6) is 0.407. The lowest BCUT2D eigenvalue weighted by Gasteiger charge is -2.20. The van der Waals surface area contributed by atoms with E-state index in [1.807, 2.05) is 10.6 Å². The molecule has 90 valence electrons. The minimum Gasteiger partial charge on any atom is -0.323 e. The molecule has 1 atom stereocenters. The zero-order valence-electron chi connectivity index (χ0n) is 10.2. The van der Waals surface area contributed by atoms with Gasteiger partial charge in [0.1, 0.15) is 5.69 Å². The number of nitrogens with zero attached hydrogens (tertiary/aromatic N) is 4. The lowest BCUT2D eigenvalue weighted by molar-refractivity contribution is 0.522. The Morgan fingerprint density at radius 3 is 3.00 bits per heavy atom. The monoisotopic (exact) mass is 231 g/mol. The number of rotatable bonds is 1. The average molecular weight is 231 g/mol. The molecule has 0 saturated heterocycles. The van der Waals surface area contributed by atoms with Gasteiger partial charge in [-0.05, 0) is 25.2 Å². The van der Waals surface area contributed by atoms with Crippen molar-refractivity contribution in [3.63, 3.8) is 0 Å². The largest absolute Gasteiger partial charge is 0.323 e. The Bertz CT molecular complexity index is 557. The molecule has 5 heteroatoms. The van der Waals surface area contributed by atoms with Gasteiger partial charge in [-0.1, -0.05) is 13.8 Å². The topological polar surface area (TPSA) is 69.1 Å². The number of hydrogen-bond acceptors (Lipinski definition) is 4. The summed E-state index contributed by atoms with van der Waals surface area (Å²) in [6, 6.07) is 2.03. The van der Waals surface area contributed by atoms with Crippen LogP contribution in [0.5, 0.6) is 0 Å². The molecule has 2 N–H and O–H groups in total. The zero-order valence-corrected chi connectivity index (χ0v) is 10.2. The molecule has 1 unspecified atom stereocenters. The highest BCUT2D eigenvalue weighted by atomic mass is 15.3. The first-order chi connectivity index (χ1) is 8.16. The van der Waals surface area contributed by atoms with E-state index in [9.17, 15) is 0 Å². The van der Waals surface area contributed by atoms with Crippen molar-refractivity contribution in [2.24, 2.45) is 5.73 Å². The van der Waals surface area contributed by atoms with Crippen LogP contribution in [-0.4, -0.2) is 19.8 Å². The summed E-state index contributed by atoms with van der Waals surface area (Å²) in [4.78, 5) is 0. The highest BCUT2D eigenvalue weighted by molar-refractivity contribution is 5.41. The summed E-state index contributed by atoms with van der Waals surface area (Å²) in [6.07, 6.45) is 3.09.